The molecule has 0 radical (unpaired) electrons. The fraction of sp³-hybridized carbons (Fsp3) is 0.364. The molecular formula is C22H23FN2O3. The van der Waals surface area contributed by atoms with E-state index in [0.29, 0.717) is 5.56 Å². The third-order valence-electron chi connectivity index (χ3n) is 5.57. The summed E-state index contributed by atoms with van der Waals surface area (Å²) >= 11 is 0. The Labute approximate surface area is 163 Å². The number of alkyl halides is 1. The Balaban J connectivity index is 1.42. The first-order valence-corrected chi connectivity index (χ1v) is 9.58. The van der Waals surface area contributed by atoms with Crippen molar-refractivity contribution in [3.63, 3.8) is 0 Å². The summed E-state index contributed by atoms with van der Waals surface area (Å²) in [6.45, 7) is 0.406. The predicted molar refractivity (Wildman–Crippen MR) is 103 cm³/mol. The van der Waals surface area contributed by atoms with E-state index in [4.69, 9.17) is 0 Å². The number of hydrogen-bond donors (Lipinski definition) is 2. The Kier molecular flexibility index (Phi) is 5.13. The van der Waals surface area contributed by atoms with Crippen molar-refractivity contribution in [3.8, 4) is 11.1 Å². The van der Waals surface area contributed by atoms with Crippen molar-refractivity contribution < 1.29 is 19.1 Å². The van der Waals surface area contributed by atoms with Crippen LogP contribution in [0.4, 0.5) is 4.39 Å². The van der Waals surface area contributed by atoms with Gasteiger partial charge in [-0.15, -0.1) is 0 Å². The first-order valence-electron chi connectivity index (χ1n) is 9.58. The van der Waals surface area contributed by atoms with Crippen LogP contribution in [0.25, 0.3) is 11.1 Å². The maximum atomic E-state index is 12.9. The van der Waals surface area contributed by atoms with Gasteiger partial charge >= 0.3 is 0 Å². The normalized spacial score (nSPS) is 26.6. The average molecular weight is 382 g/mol. The SMILES string of the molecule is O=C(N[C@@H]1CN(C(=O)c2cccc(-c3ccccc3)c2)C[C@H]1O)C1CC(F)C1. The second-order valence-corrected chi connectivity index (χ2v) is 7.61. The number of amides is 2. The summed E-state index contributed by atoms with van der Waals surface area (Å²) in [5.74, 6) is -0.742. The van der Waals surface area contributed by atoms with Gasteiger partial charge in [0.15, 0.2) is 0 Å². The minimum atomic E-state index is -0.904. The summed E-state index contributed by atoms with van der Waals surface area (Å²) in [4.78, 5) is 26.6. The van der Waals surface area contributed by atoms with Crippen LogP contribution in [-0.2, 0) is 4.79 Å². The van der Waals surface area contributed by atoms with E-state index in [2.05, 4.69) is 5.32 Å². The van der Waals surface area contributed by atoms with Gasteiger partial charge < -0.3 is 15.3 Å². The predicted octanol–water partition coefficient (Wildman–Crippen LogP) is 2.40. The molecule has 1 saturated heterocycles. The smallest absolute Gasteiger partial charge is 0.254 e. The van der Waals surface area contributed by atoms with E-state index in [1.807, 2.05) is 48.5 Å². The monoisotopic (exact) mass is 382 g/mol. The molecule has 0 spiro atoms. The van der Waals surface area contributed by atoms with E-state index in [-0.39, 0.29) is 43.7 Å². The highest BCUT2D eigenvalue weighted by atomic mass is 19.1. The number of nitrogens with one attached hydrogen (secondary N) is 1. The first kappa shape index (κ1) is 18.6. The quantitative estimate of drug-likeness (QED) is 0.853. The van der Waals surface area contributed by atoms with Gasteiger partial charge in [-0.25, -0.2) is 4.39 Å². The average Bonchev–Trinajstić information content (AvgIpc) is 3.06. The van der Waals surface area contributed by atoms with E-state index >= 15 is 0 Å². The Bertz CT molecular complexity index is 867. The summed E-state index contributed by atoms with van der Waals surface area (Å²) in [6, 6.07) is 16.7. The molecule has 6 heteroatoms. The van der Waals surface area contributed by atoms with Crippen LogP contribution in [0.5, 0.6) is 0 Å². The molecule has 0 unspecified atom stereocenters. The number of carbonyl (C=O) groups is 2. The van der Waals surface area contributed by atoms with Crippen LogP contribution in [0.1, 0.15) is 23.2 Å². The summed E-state index contributed by atoms with van der Waals surface area (Å²) in [5.41, 5.74) is 2.51. The largest absolute Gasteiger partial charge is 0.389 e. The molecule has 5 nitrogen and oxygen atoms in total. The zero-order chi connectivity index (χ0) is 19.7. The Morgan fingerprint density at radius 1 is 1.00 bits per heavy atom. The minimum Gasteiger partial charge on any atom is -0.389 e. The minimum absolute atomic E-state index is 0.162. The van der Waals surface area contributed by atoms with E-state index in [1.54, 1.807) is 11.0 Å². The van der Waals surface area contributed by atoms with Crippen molar-refractivity contribution in [3.05, 3.63) is 60.2 Å². The number of likely N-dealkylation sites (tertiary alicyclic amines) is 1. The maximum Gasteiger partial charge on any atom is 0.254 e. The second kappa shape index (κ2) is 7.72. The van der Waals surface area contributed by atoms with Crippen LogP contribution in [0.2, 0.25) is 0 Å². The van der Waals surface area contributed by atoms with Crippen molar-refractivity contribution in [2.75, 3.05) is 13.1 Å². The van der Waals surface area contributed by atoms with E-state index < -0.39 is 18.3 Å². The number of aliphatic hydroxyl groups is 1. The third-order valence-corrected chi connectivity index (χ3v) is 5.57. The van der Waals surface area contributed by atoms with Crippen molar-refractivity contribution in [2.24, 2.45) is 5.92 Å². The fourth-order valence-electron chi connectivity index (χ4n) is 3.80. The van der Waals surface area contributed by atoms with Crippen LogP contribution >= 0.6 is 0 Å². The standard InChI is InChI=1S/C22H23FN2O3/c23-18-10-17(11-18)21(27)24-19-12-25(13-20(19)26)22(28)16-8-4-7-15(9-16)14-5-2-1-3-6-14/h1-9,17-20,26H,10-13H2,(H,24,27)/t17?,18?,19-,20-/m1/s1. The summed E-state index contributed by atoms with van der Waals surface area (Å²) in [6.07, 6.45) is -1.25. The highest BCUT2D eigenvalue weighted by molar-refractivity contribution is 5.96. The lowest BCUT2D eigenvalue weighted by molar-refractivity contribution is -0.130. The molecule has 0 bridgehead atoms. The Hall–Kier alpha value is -2.73. The van der Waals surface area contributed by atoms with Gasteiger partial charge in [-0.05, 0) is 36.1 Å². The van der Waals surface area contributed by atoms with Gasteiger partial charge in [0.2, 0.25) is 5.91 Å². The van der Waals surface area contributed by atoms with Crippen LogP contribution in [0.15, 0.2) is 54.6 Å². The molecule has 4 rings (SSSR count). The van der Waals surface area contributed by atoms with Crippen molar-refractivity contribution in [1.82, 2.24) is 10.2 Å². The zero-order valence-corrected chi connectivity index (χ0v) is 15.4. The van der Waals surface area contributed by atoms with Gasteiger partial charge in [0.25, 0.3) is 5.91 Å². The van der Waals surface area contributed by atoms with Crippen LogP contribution in [0, 0.1) is 5.92 Å². The fourth-order valence-corrected chi connectivity index (χ4v) is 3.80. The number of carbonyl (C=O) groups excluding carboxylic acids is 2. The van der Waals surface area contributed by atoms with Gasteiger partial charge in [0, 0.05) is 24.6 Å². The van der Waals surface area contributed by atoms with E-state index in [0.717, 1.165) is 11.1 Å². The summed E-state index contributed by atoms with van der Waals surface area (Å²) < 4.78 is 12.9. The lowest BCUT2D eigenvalue weighted by Gasteiger charge is -2.30. The molecule has 1 aliphatic heterocycles. The number of aliphatic hydroxyl groups excluding tert-OH is 1. The third kappa shape index (κ3) is 3.78. The van der Waals surface area contributed by atoms with E-state index in [1.165, 1.54) is 0 Å². The first-order chi connectivity index (χ1) is 13.5. The number of halogens is 1. The molecule has 2 fully saturated rings. The molecule has 2 aliphatic rings. The topological polar surface area (TPSA) is 69.6 Å². The molecule has 2 aromatic carbocycles. The zero-order valence-electron chi connectivity index (χ0n) is 15.4. The van der Waals surface area contributed by atoms with Gasteiger partial charge in [0.1, 0.15) is 6.17 Å². The molecule has 2 aromatic rings. The molecule has 28 heavy (non-hydrogen) atoms. The summed E-state index contributed by atoms with van der Waals surface area (Å²) in [7, 11) is 0. The maximum absolute atomic E-state index is 12.9. The highest BCUT2D eigenvalue weighted by Crippen LogP contribution is 2.30. The molecule has 2 amide bonds. The highest BCUT2D eigenvalue weighted by Gasteiger charge is 2.39. The van der Waals surface area contributed by atoms with E-state index in [9.17, 15) is 19.1 Å². The Morgan fingerprint density at radius 3 is 2.43 bits per heavy atom. The van der Waals surface area contributed by atoms with Crippen LogP contribution < -0.4 is 5.32 Å². The van der Waals surface area contributed by atoms with Crippen molar-refractivity contribution in [1.29, 1.82) is 0 Å². The van der Waals surface area contributed by atoms with Crippen molar-refractivity contribution >= 4 is 11.8 Å². The van der Waals surface area contributed by atoms with Gasteiger partial charge in [-0.2, -0.15) is 0 Å². The van der Waals surface area contributed by atoms with Crippen molar-refractivity contribution in [2.45, 2.75) is 31.2 Å². The van der Waals surface area contributed by atoms with Crippen LogP contribution in [0.3, 0.4) is 0 Å². The lowest BCUT2D eigenvalue weighted by atomic mass is 9.82. The molecule has 146 valence electrons. The molecule has 1 heterocycles. The lowest BCUT2D eigenvalue weighted by Crippen LogP contribution is -2.48. The van der Waals surface area contributed by atoms with Gasteiger partial charge in [-0.1, -0.05) is 42.5 Å². The van der Waals surface area contributed by atoms with Crippen LogP contribution in [-0.4, -0.2) is 53.2 Å². The Morgan fingerprint density at radius 2 is 1.71 bits per heavy atom. The molecule has 1 saturated carbocycles. The molecule has 1 aliphatic carbocycles. The number of β-amino-alcohol motifs (C(OH)–C–C–N with tert-alkyl or cyclic N) is 1. The molecule has 2 N–H and O–H groups in total. The number of nitrogens with zero attached hydrogens (tertiary/aromatic N) is 1. The number of hydrogen-bond acceptors (Lipinski definition) is 3. The molecule has 0 aromatic heterocycles. The molecule has 2 atom stereocenters. The molecular weight excluding hydrogens is 359 g/mol. The number of benzene rings is 2. The van der Waals surface area contributed by atoms with Gasteiger partial charge in [-0.3, -0.25) is 9.59 Å². The van der Waals surface area contributed by atoms with Gasteiger partial charge in [0.05, 0.1) is 12.1 Å². The number of rotatable bonds is 4. The summed E-state index contributed by atoms with van der Waals surface area (Å²) in [5, 5.41) is 13.1. The second-order valence-electron chi connectivity index (χ2n) is 7.61.